The first-order valence-corrected chi connectivity index (χ1v) is 7.81. The Morgan fingerprint density at radius 3 is 2.95 bits per heavy atom. The molecule has 6 nitrogen and oxygen atoms in total. The molecule has 1 aliphatic carbocycles. The largest absolute Gasteiger partial charge is 0.481 e. The van der Waals surface area contributed by atoms with Gasteiger partial charge in [0.2, 0.25) is 0 Å². The van der Waals surface area contributed by atoms with E-state index >= 15 is 0 Å². The minimum Gasteiger partial charge on any atom is -0.481 e. The Kier molecular flexibility index (Phi) is 3.92. The molecule has 0 atom stereocenters. The number of nitrogens with zero attached hydrogens (tertiary/aromatic N) is 4. The van der Waals surface area contributed by atoms with Crippen molar-refractivity contribution in [3.05, 3.63) is 35.4 Å². The molecule has 0 radical (unpaired) electrons. The second kappa shape index (κ2) is 5.85. The van der Waals surface area contributed by atoms with Gasteiger partial charge in [0.1, 0.15) is 5.82 Å². The average Bonchev–Trinajstić information content (AvgIpc) is 3.22. The molecule has 0 unspecified atom stereocenters. The van der Waals surface area contributed by atoms with Crippen molar-refractivity contribution in [1.29, 1.82) is 0 Å². The third-order valence-corrected chi connectivity index (χ3v) is 4.44. The Morgan fingerprint density at radius 1 is 1.48 bits per heavy atom. The van der Waals surface area contributed by atoms with Crippen molar-refractivity contribution in [3.8, 4) is 0 Å². The Hall–Kier alpha value is -1.89. The van der Waals surface area contributed by atoms with Crippen LogP contribution in [0.3, 0.4) is 0 Å². The molecule has 1 saturated carbocycles. The van der Waals surface area contributed by atoms with Crippen molar-refractivity contribution in [2.45, 2.75) is 37.4 Å². The van der Waals surface area contributed by atoms with Crippen molar-refractivity contribution in [3.63, 3.8) is 0 Å². The highest BCUT2D eigenvalue weighted by Crippen LogP contribution is 2.40. The second-order valence-electron chi connectivity index (χ2n) is 5.19. The summed E-state index contributed by atoms with van der Waals surface area (Å²) in [7, 11) is 0. The van der Waals surface area contributed by atoms with Gasteiger partial charge in [0.25, 0.3) is 0 Å². The number of thioether (sulfide) groups is 1. The quantitative estimate of drug-likeness (QED) is 0.823. The number of rotatable bonds is 6. The van der Waals surface area contributed by atoms with Gasteiger partial charge in [-0.1, -0.05) is 11.8 Å². The van der Waals surface area contributed by atoms with Gasteiger partial charge < -0.3 is 9.67 Å². The van der Waals surface area contributed by atoms with E-state index < -0.39 is 5.97 Å². The standard InChI is InChI=1S/C14H16N4O2S/c1-9-4-5-15-6-11(9)7-18-13(10-2-3-10)16-17-14(18)21-8-12(19)20/h4-6,10H,2-3,7-8H2,1H3,(H,19,20). The molecule has 0 spiro atoms. The lowest BCUT2D eigenvalue weighted by Crippen LogP contribution is -2.08. The van der Waals surface area contributed by atoms with Gasteiger partial charge in [0.15, 0.2) is 5.16 Å². The summed E-state index contributed by atoms with van der Waals surface area (Å²) in [5.41, 5.74) is 2.27. The molecule has 2 aromatic heterocycles. The van der Waals surface area contributed by atoms with Crippen LogP contribution in [0.2, 0.25) is 0 Å². The van der Waals surface area contributed by atoms with Crippen molar-refractivity contribution in [2.24, 2.45) is 0 Å². The van der Waals surface area contributed by atoms with E-state index in [0.717, 1.165) is 29.8 Å². The molecule has 7 heteroatoms. The van der Waals surface area contributed by atoms with E-state index in [1.165, 1.54) is 11.8 Å². The van der Waals surface area contributed by atoms with Crippen LogP contribution in [-0.2, 0) is 11.3 Å². The first-order chi connectivity index (χ1) is 10.1. The van der Waals surface area contributed by atoms with Gasteiger partial charge in [-0.3, -0.25) is 9.78 Å². The van der Waals surface area contributed by atoms with Gasteiger partial charge in [-0.15, -0.1) is 10.2 Å². The second-order valence-corrected chi connectivity index (χ2v) is 6.13. The number of carboxylic acids is 1. The van der Waals surface area contributed by atoms with Crippen LogP contribution in [0.15, 0.2) is 23.6 Å². The number of aliphatic carboxylic acids is 1. The molecule has 21 heavy (non-hydrogen) atoms. The zero-order valence-corrected chi connectivity index (χ0v) is 12.5. The highest BCUT2D eigenvalue weighted by molar-refractivity contribution is 7.99. The average molecular weight is 304 g/mol. The number of pyridine rings is 1. The van der Waals surface area contributed by atoms with Gasteiger partial charge >= 0.3 is 5.97 Å². The van der Waals surface area contributed by atoms with Gasteiger partial charge in [0.05, 0.1) is 12.3 Å². The van der Waals surface area contributed by atoms with E-state index in [2.05, 4.69) is 15.2 Å². The highest BCUT2D eigenvalue weighted by Gasteiger charge is 2.30. The number of aryl methyl sites for hydroxylation is 1. The number of aromatic nitrogens is 4. The molecule has 0 amide bonds. The first-order valence-electron chi connectivity index (χ1n) is 6.82. The predicted octanol–water partition coefficient (Wildman–Crippen LogP) is 2.08. The van der Waals surface area contributed by atoms with Gasteiger partial charge in [-0.25, -0.2) is 0 Å². The summed E-state index contributed by atoms with van der Waals surface area (Å²) in [6.07, 6.45) is 5.88. The minimum atomic E-state index is -0.847. The van der Waals surface area contributed by atoms with E-state index in [9.17, 15) is 4.79 Å². The summed E-state index contributed by atoms with van der Waals surface area (Å²) in [6.45, 7) is 2.68. The Balaban J connectivity index is 1.89. The molecule has 0 aromatic carbocycles. The van der Waals surface area contributed by atoms with Crippen molar-refractivity contribution in [2.75, 3.05) is 5.75 Å². The molecule has 3 rings (SSSR count). The molecular weight excluding hydrogens is 288 g/mol. The normalized spacial score (nSPS) is 14.3. The molecule has 0 bridgehead atoms. The molecule has 110 valence electrons. The number of carboxylic acid groups (broad SMARTS) is 1. The minimum absolute atomic E-state index is 0.00514. The van der Waals surface area contributed by atoms with E-state index in [0.29, 0.717) is 17.6 Å². The molecule has 1 fully saturated rings. The van der Waals surface area contributed by atoms with E-state index in [1.54, 1.807) is 6.20 Å². The maximum atomic E-state index is 10.8. The Labute approximate surface area is 126 Å². The molecule has 0 aliphatic heterocycles. The SMILES string of the molecule is Cc1ccncc1Cn1c(SCC(=O)O)nnc1C1CC1. The number of hydrogen-bond donors (Lipinski definition) is 1. The van der Waals surface area contributed by atoms with E-state index in [1.807, 2.05) is 23.8 Å². The number of carbonyl (C=O) groups is 1. The maximum absolute atomic E-state index is 10.8. The summed E-state index contributed by atoms with van der Waals surface area (Å²) in [5.74, 6) is 0.578. The summed E-state index contributed by atoms with van der Waals surface area (Å²) >= 11 is 1.22. The number of hydrogen-bond acceptors (Lipinski definition) is 5. The molecule has 1 aliphatic rings. The summed E-state index contributed by atoms with van der Waals surface area (Å²) in [5, 5.41) is 17.9. The van der Waals surface area contributed by atoms with Gasteiger partial charge in [-0.2, -0.15) is 0 Å². The van der Waals surface area contributed by atoms with Crippen LogP contribution in [0, 0.1) is 6.92 Å². The van der Waals surface area contributed by atoms with Crippen LogP contribution in [0.25, 0.3) is 0 Å². The van der Waals surface area contributed by atoms with Gasteiger partial charge in [-0.05, 0) is 37.0 Å². The molecule has 2 heterocycles. The lowest BCUT2D eigenvalue weighted by molar-refractivity contribution is -0.133. The summed E-state index contributed by atoms with van der Waals surface area (Å²) < 4.78 is 2.04. The van der Waals surface area contributed by atoms with Crippen LogP contribution in [0.5, 0.6) is 0 Å². The fraction of sp³-hybridized carbons (Fsp3) is 0.429. The lowest BCUT2D eigenvalue weighted by Gasteiger charge is -2.11. The molecular formula is C14H16N4O2S. The Bertz CT molecular complexity index is 667. The molecule has 1 N–H and O–H groups in total. The molecule has 2 aromatic rings. The van der Waals surface area contributed by atoms with Crippen molar-refractivity contribution < 1.29 is 9.90 Å². The van der Waals surface area contributed by atoms with E-state index in [4.69, 9.17) is 5.11 Å². The summed E-state index contributed by atoms with van der Waals surface area (Å²) in [4.78, 5) is 14.9. The van der Waals surface area contributed by atoms with Crippen molar-refractivity contribution in [1.82, 2.24) is 19.7 Å². The molecule has 0 saturated heterocycles. The zero-order chi connectivity index (χ0) is 14.8. The summed E-state index contributed by atoms with van der Waals surface area (Å²) in [6, 6.07) is 1.97. The smallest absolute Gasteiger partial charge is 0.313 e. The predicted molar refractivity (Wildman–Crippen MR) is 78.4 cm³/mol. The monoisotopic (exact) mass is 304 g/mol. The zero-order valence-electron chi connectivity index (χ0n) is 11.7. The Morgan fingerprint density at radius 2 is 2.29 bits per heavy atom. The third kappa shape index (κ3) is 3.24. The van der Waals surface area contributed by atoms with Crippen molar-refractivity contribution >= 4 is 17.7 Å². The van der Waals surface area contributed by atoms with E-state index in [-0.39, 0.29) is 5.75 Å². The lowest BCUT2D eigenvalue weighted by atomic mass is 10.1. The van der Waals surface area contributed by atoms with Crippen LogP contribution < -0.4 is 0 Å². The maximum Gasteiger partial charge on any atom is 0.313 e. The highest BCUT2D eigenvalue weighted by atomic mass is 32.2. The topological polar surface area (TPSA) is 80.9 Å². The third-order valence-electron chi connectivity index (χ3n) is 3.49. The van der Waals surface area contributed by atoms with Crippen LogP contribution >= 0.6 is 11.8 Å². The van der Waals surface area contributed by atoms with Crippen LogP contribution in [0.4, 0.5) is 0 Å². The van der Waals surface area contributed by atoms with Crippen LogP contribution in [-0.4, -0.2) is 36.6 Å². The first kappa shape index (κ1) is 14.1. The van der Waals surface area contributed by atoms with Crippen LogP contribution in [0.1, 0.15) is 35.7 Å². The fourth-order valence-electron chi connectivity index (χ4n) is 2.16. The fourth-order valence-corrected chi connectivity index (χ4v) is 2.82. The van der Waals surface area contributed by atoms with Gasteiger partial charge in [0, 0.05) is 18.3 Å².